The fourth-order valence-corrected chi connectivity index (χ4v) is 3.30. The molecule has 0 bridgehead atoms. The molecule has 0 aliphatic carbocycles. The van der Waals surface area contributed by atoms with Crippen molar-refractivity contribution in [2.45, 2.75) is 41.9 Å². The number of piperidine rings is 1. The van der Waals surface area contributed by atoms with E-state index in [0.29, 0.717) is 13.1 Å². The molecule has 7 heteroatoms. The van der Waals surface area contributed by atoms with Crippen molar-refractivity contribution in [2.24, 2.45) is 5.73 Å². The van der Waals surface area contributed by atoms with E-state index < -0.39 is 5.51 Å². The number of benzene rings is 1. The average Bonchev–Trinajstić information content (AvgIpc) is 2.48. The Morgan fingerprint density at radius 1 is 1.32 bits per heavy atom. The number of thioether (sulfide) groups is 1. The van der Waals surface area contributed by atoms with E-state index in [1.807, 2.05) is 0 Å². The standard InChI is InChI=1S/C15H21F3N2OS/c1-21-13-6-7-20(12(8-13)9-19)10-11-2-4-14(5-3-11)22-15(16,17)18/h2-5,12-13H,6-10,19H2,1H3. The van der Waals surface area contributed by atoms with Crippen LogP contribution in [0.4, 0.5) is 13.2 Å². The lowest BCUT2D eigenvalue weighted by Crippen LogP contribution is -2.47. The van der Waals surface area contributed by atoms with Crippen LogP contribution in [-0.2, 0) is 11.3 Å². The number of alkyl halides is 3. The molecule has 0 spiro atoms. The van der Waals surface area contributed by atoms with Crippen LogP contribution in [0.1, 0.15) is 18.4 Å². The number of nitrogens with zero attached hydrogens (tertiary/aromatic N) is 1. The second-order valence-electron chi connectivity index (χ2n) is 5.43. The lowest BCUT2D eigenvalue weighted by molar-refractivity contribution is -0.0328. The molecule has 3 nitrogen and oxygen atoms in total. The van der Waals surface area contributed by atoms with Crippen LogP contribution in [0.15, 0.2) is 29.2 Å². The van der Waals surface area contributed by atoms with Crippen LogP contribution in [0, 0.1) is 0 Å². The molecule has 0 aromatic heterocycles. The summed E-state index contributed by atoms with van der Waals surface area (Å²) >= 11 is -0.0863. The van der Waals surface area contributed by atoms with Gasteiger partial charge >= 0.3 is 5.51 Å². The van der Waals surface area contributed by atoms with Gasteiger partial charge in [-0.3, -0.25) is 4.90 Å². The molecule has 1 aromatic carbocycles. The Kier molecular flexibility index (Phi) is 6.14. The molecule has 1 aliphatic heterocycles. The van der Waals surface area contributed by atoms with Gasteiger partial charge in [-0.2, -0.15) is 13.2 Å². The lowest BCUT2D eigenvalue weighted by atomic mass is 9.98. The highest BCUT2D eigenvalue weighted by Gasteiger charge is 2.29. The van der Waals surface area contributed by atoms with Crippen molar-refractivity contribution in [2.75, 3.05) is 20.2 Å². The normalized spacial score (nSPS) is 23.7. The third-order valence-electron chi connectivity index (χ3n) is 3.94. The average molecular weight is 334 g/mol. The number of likely N-dealkylation sites (tertiary alicyclic amines) is 1. The van der Waals surface area contributed by atoms with Crippen molar-refractivity contribution in [1.82, 2.24) is 4.90 Å². The molecule has 0 amide bonds. The first kappa shape index (κ1) is 17.6. The minimum absolute atomic E-state index is 0.0863. The summed E-state index contributed by atoms with van der Waals surface area (Å²) in [6.45, 7) is 2.15. The molecule has 22 heavy (non-hydrogen) atoms. The quantitative estimate of drug-likeness (QED) is 0.839. The molecule has 2 unspecified atom stereocenters. The number of nitrogens with two attached hydrogens (primary N) is 1. The summed E-state index contributed by atoms with van der Waals surface area (Å²) in [4.78, 5) is 2.49. The molecule has 1 aliphatic rings. The number of ether oxygens (including phenoxy) is 1. The first-order chi connectivity index (χ1) is 10.4. The van der Waals surface area contributed by atoms with E-state index in [1.165, 1.54) is 12.1 Å². The summed E-state index contributed by atoms with van der Waals surface area (Å²) in [6, 6.07) is 6.80. The number of methoxy groups -OCH3 is 1. The van der Waals surface area contributed by atoms with E-state index in [2.05, 4.69) is 4.90 Å². The Bertz CT molecular complexity index is 467. The third kappa shape index (κ3) is 5.15. The summed E-state index contributed by atoms with van der Waals surface area (Å²) in [5, 5.41) is 0. The topological polar surface area (TPSA) is 38.5 Å². The summed E-state index contributed by atoms with van der Waals surface area (Å²) in [5.41, 5.74) is 2.59. The Hall–Kier alpha value is -0.760. The predicted octanol–water partition coefficient (Wildman–Crippen LogP) is 3.24. The molecule has 0 saturated carbocycles. The fraction of sp³-hybridized carbons (Fsp3) is 0.600. The second-order valence-corrected chi connectivity index (χ2v) is 6.57. The Balaban J connectivity index is 1.95. The summed E-state index contributed by atoms with van der Waals surface area (Å²) in [7, 11) is 1.71. The molecule has 2 rings (SSSR count). The minimum Gasteiger partial charge on any atom is -0.381 e. The van der Waals surface area contributed by atoms with E-state index in [4.69, 9.17) is 10.5 Å². The zero-order valence-electron chi connectivity index (χ0n) is 12.5. The highest BCUT2D eigenvalue weighted by atomic mass is 32.2. The molecular weight excluding hydrogens is 313 g/mol. The van der Waals surface area contributed by atoms with Crippen LogP contribution in [0.5, 0.6) is 0 Å². The van der Waals surface area contributed by atoms with Gasteiger partial charge in [0.25, 0.3) is 0 Å². The van der Waals surface area contributed by atoms with Crippen LogP contribution in [-0.4, -0.2) is 42.8 Å². The van der Waals surface area contributed by atoms with Gasteiger partial charge < -0.3 is 10.5 Å². The summed E-state index contributed by atoms with van der Waals surface area (Å²) in [6.07, 6.45) is 2.10. The van der Waals surface area contributed by atoms with Gasteiger partial charge in [-0.15, -0.1) is 0 Å². The number of halogens is 3. The van der Waals surface area contributed by atoms with Crippen LogP contribution in [0.2, 0.25) is 0 Å². The number of hydrogen-bond donors (Lipinski definition) is 1. The monoisotopic (exact) mass is 334 g/mol. The van der Waals surface area contributed by atoms with Gasteiger partial charge in [-0.25, -0.2) is 0 Å². The van der Waals surface area contributed by atoms with E-state index in [-0.39, 0.29) is 28.8 Å². The molecule has 124 valence electrons. The maximum Gasteiger partial charge on any atom is 0.446 e. The summed E-state index contributed by atoms with van der Waals surface area (Å²) < 4.78 is 42.3. The fourth-order valence-electron chi connectivity index (χ4n) is 2.76. The van der Waals surface area contributed by atoms with Crippen molar-refractivity contribution in [3.63, 3.8) is 0 Å². The zero-order chi connectivity index (χ0) is 16.2. The number of hydrogen-bond acceptors (Lipinski definition) is 4. The van der Waals surface area contributed by atoms with Gasteiger partial charge in [0, 0.05) is 37.7 Å². The Morgan fingerprint density at radius 2 is 2.00 bits per heavy atom. The maximum absolute atomic E-state index is 12.3. The predicted molar refractivity (Wildman–Crippen MR) is 81.6 cm³/mol. The van der Waals surface area contributed by atoms with Gasteiger partial charge in [0.2, 0.25) is 0 Å². The molecule has 1 fully saturated rings. The zero-order valence-corrected chi connectivity index (χ0v) is 13.3. The van der Waals surface area contributed by atoms with Crippen molar-refractivity contribution in [3.05, 3.63) is 29.8 Å². The molecule has 1 heterocycles. The van der Waals surface area contributed by atoms with E-state index in [1.54, 1.807) is 19.2 Å². The minimum atomic E-state index is -4.24. The molecule has 0 radical (unpaired) electrons. The van der Waals surface area contributed by atoms with E-state index in [0.717, 1.165) is 24.9 Å². The second kappa shape index (κ2) is 7.68. The Labute approximate surface area is 133 Å². The van der Waals surface area contributed by atoms with Crippen LogP contribution >= 0.6 is 11.8 Å². The van der Waals surface area contributed by atoms with E-state index >= 15 is 0 Å². The molecule has 2 atom stereocenters. The lowest BCUT2D eigenvalue weighted by Gasteiger charge is -2.38. The molecule has 1 aromatic rings. The Morgan fingerprint density at radius 3 is 2.55 bits per heavy atom. The van der Waals surface area contributed by atoms with E-state index in [9.17, 15) is 13.2 Å². The molecule has 2 N–H and O–H groups in total. The van der Waals surface area contributed by atoms with Crippen molar-refractivity contribution in [1.29, 1.82) is 0 Å². The highest BCUT2D eigenvalue weighted by Crippen LogP contribution is 2.36. The highest BCUT2D eigenvalue weighted by molar-refractivity contribution is 8.00. The first-order valence-electron chi connectivity index (χ1n) is 7.23. The van der Waals surface area contributed by atoms with Crippen LogP contribution in [0.25, 0.3) is 0 Å². The van der Waals surface area contributed by atoms with Crippen molar-refractivity contribution >= 4 is 11.8 Å². The largest absolute Gasteiger partial charge is 0.446 e. The van der Waals surface area contributed by atoms with Gasteiger partial charge in [-0.1, -0.05) is 12.1 Å². The van der Waals surface area contributed by atoms with Crippen molar-refractivity contribution in [3.8, 4) is 0 Å². The number of rotatable bonds is 5. The van der Waals surface area contributed by atoms with Crippen LogP contribution < -0.4 is 5.73 Å². The van der Waals surface area contributed by atoms with Crippen molar-refractivity contribution < 1.29 is 17.9 Å². The molecule has 1 saturated heterocycles. The van der Waals surface area contributed by atoms with Gasteiger partial charge in [0.1, 0.15) is 0 Å². The van der Waals surface area contributed by atoms with Gasteiger partial charge in [0.15, 0.2) is 0 Å². The van der Waals surface area contributed by atoms with Gasteiger partial charge in [0.05, 0.1) is 6.10 Å². The first-order valence-corrected chi connectivity index (χ1v) is 8.04. The third-order valence-corrected chi connectivity index (χ3v) is 4.68. The summed E-state index contributed by atoms with van der Waals surface area (Å²) in [5.74, 6) is 0. The SMILES string of the molecule is COC1CCN(Cc2ccc(SC(F)(F)F)cc2)C(CN)C1. The maximum atomic E-state index is 12.3. The van der Waals surface area contributed by atoms with Gasteiger partial charge in [-0.05, 0) is 42.3 Å². The smallest absolute Gasteiger partial charge is 0.381 e. The van der Waals surface area contributed by atoms with Crippen LogP contribution in [0.3, 0.4) is 0 Å². The molecular formula is C15H21F3N2OS.